The molecular weight excluding hydrogens is 462 g/mol. The van der Waals surface area contributed by atoms with E-state index in [9.17, 15) is 9.59 Å². The van der Waals surface area contributed by atoms with Crippen molar-refractivity contribution >= 4 is 27.9 Å². The molecule has 0 aliphatic carbocycles. The second kappa shape index (κ2) is 9.59. The van der Waals surface area contributed by atoms with E-state index < -0.39 is 6.04 Å². The van der Waals surface area contributed by atoms with Crippen molar-refractivity contribution in [2.45, 2.75) is 12.6 Å². The first kappa shape index (κ1) is 22.5. The molecule has 0 aliphatic heterocycles. The largest absolute Gasteiger partial charge is 0.458 e. The van der Waals surface area contributed by atoms with Gasteiger partial charge in [0.25, 0.3) is 11.5 Å². The molecular formula is C31H23N3O3. The predicted molar refractivity (Wildman–Crippen MR) is 144 cm³/mol. The van der Waals surface area contributed by atoms with Crippen LogP contribution in [0.15, 0.2) is 124 Å². The Morgan fingerprint density at radius 3 is 2.30 bits per heavy atom. The van der Waals surface area contributed by atoms with Gasteiger partial charge in [-0.3, -0.25) is 14.2 Å². The van der Waals surface area contributed by atoms with Gasteiger partial charge in [-0.1, -0.05) is 91.0 Å². The summed E-state index contributed by atoms with van der Waals surface area (Å²) in [5, 5.41) is 3.87. The average molecular weight is 486 g/mol. The number of hydrogen-bond acceptors (Lipinski definition) is 4. The van der Waals surface area contributed by atoms with Crippen molar-refractivity contribution in [3.63, 3.8) is 0 Å². The molecule has 1 unspecified atom stereocenters. The number of fused-ring (bicyclic) bond motifs is 2. The maximum Gasteiger partial charge on any atom is 0.278 e. The number of para-hydroxylation sites is 3. The van der Waals surface area contributed by atoms with Crippen molar-refractivity contribution in [3.8, 4) is 11.3 Å². The Hall–Kier alpha value is -4.97. The highest BCUT2D eigenvalue weighted by Gasteiger charge is 2.30. The molecule has 6 rings (SSSR count). The SMILES string of the molecule is O=C(NCc1ccccc1)C(c1cc2ccccc2o1)n1c(=O)c(-c2ccccc2)nc2ccccc21. The van der Waals surface area contributed by atoms with E-state index in [-0.39, 0.29) is 17.2 Å². The molecule has 2 aromatic heterocycles. The third-order valence-corrected chi connectivity index (χ3v) is 6.37. The van der Waals surface area contributed by atoms with Crippen LogP contribution in [0, 0.1) is 0 Å². The number of benzene rings is 4. The Balaban J connectivity index is 1.56. The van der Waals surface area contributed by atoms with Crippen LogP contribution in [-0.2, 0) is 11.3 Å². The maximum atomic E-state index is 14.1. The number of nitrogens with one attached hydrogen (secondary N) is 1. The van der Waals surface area contributed by atoms with Gasteiger partial charge in [-0.25, -0.2) is 4.98 Å². The third kappa shape index (κ3) is 4.29. The van der Waals surface area contributed by atoms with Crippen molar-refractivity contribution in [3.05, 3.63) is 137 Å². The Bertz CT molecular complexity index is 1740. The van der Waals surface area contributed by atoms with E-state index in [0.29, 0.717) is 34.5 Å². The molecule has 0 spiro atoms. The van der Waals surface area contributed by atoms with Crippen LogP contribution >= 0.6 is 0 Å². The van der Waals surface area contributed by atoms with Crippen molar-refractivity contribution in [2.24, 2.45) is 0 Å². The number of carbonyl (C=O) groups excluding carboxylic acids is 1. The van der Waals surface area contributed by atoms with Crippen LogP contribution < -0.4 is 10.9 Å². The highest BCUT2D eigenvalue weighted by atomic mass is 16.3. The number of furan rings is 1. The lowest BCUT2D eigenvalue weighted by molar-refractivity contribution is -0.123. The van der Waals surface area contributed by atoms with Crippen LogP contribution in [-0.4, -0.2) is 15.5 Å². The zero-order valence-electron chi connectivity index (χ0n) is 19.9. The van der Waals surface area contributed by atoms with Gasteiger partial charge in [-0.05, 0) is 29.8 Å². The number of amides is 1. The van der Waals surface area contributed by atoms with Crippen LogP contribution in [0.25, 0.3) is 33.3 Å². The molecule has 0 saturated carbocycles. The van der Waals surface area contributed by atoms with Crippen LogP contribution in [0.3, 0.4) is 0 Å². The second-order valence-electron chi connectivity index (χ2n) is 8.78. The highest BCUT2D eigenvalue weighted by molar-refractivity contribution is 5.88. The fraction of sp³-hybridized carbons (Fsp3) is 0.0645. The molecule has 0 aliphatic rings. The molecule has 1 amide bonds. The highest BCUT2D eigenvalue weighted by Crippen LogP contribution is 2.29. The average Bonchev–Trinajstić information content (AvgIpc) is 3.38. The normalized spacial score (nSPS) is 12.0. The van der Waals surface area contributed by atoms with Crippen molar-refractivity contribution < 1.29 is 9.21 Å². The summed E-state index contributed by atoms with van der Waals surface area (Å²) < 4.78 is 7.67. The molecule has 4 aromatic carbocycles. The summed E-state index contributed by atoms with van der Waals surface area (Å²) in [5.74, 6) is 0.0320. The number of rotatable bonds is 6. The Morgan fingerprint density at radius 2 is 1.51 bits per heavy atom. The maximum absolute atomic E-state index is 14.1. The molecule has 1 N–H and O–H groups in total. The predicted octanol–water partition coefficient (Wildman–Crippen LogP) is 5.72. The Labute approximate surface area is 212 Å². The van der Waals surface area contributed by atoms with Gasteiger partial charge in [0.2, 0.25) is 0 Å². The van der Waals surface area contributed by atoms with Gasteiger partial charge in [0, 0.05) is 17.5 Å². The van der Waals surface area contributed by atoms with Crippen LogP contribution in [0.1, 0.15) is 17.4 Å². The fourth-order valence-corrected chi connectivity index (χ4v) is 4.59. The summed E-state index contributed by atoms with van der Waals surface area (Å²) in [4.78, 5) is 32.6. The van der Waals surface area contributed by atoms with E-state index in [2.05, 4.69) is 10.3 Å². The van der Waals surface area contributed by atoms with Gasteiger partial charge < -0.3 is 9.73 Å². The molecule has 6 aromatic rings. The first-order chi connectivity index (χ1) is 18.2. The van der Waals surface area contributed by atoms with Crippen LogP contribution in [0.2, 0.25) is 0 Å². The minimum absolute atomic E-state index is 0.274. The summed E-state index contributed by atoms with van der Waals surface area (Å²) in [7, 11) is 0. The van der Waals surface area contributed by atoms with Gasteiger partial charge in [-0.2, -0.15) is 0 Å². The van der Waals surface area contributed by atoms with E-state index in [1.165, 1.54) is 4.57 Å². The second-order valence-corrected chi connectivity index (χ2v) is 8.78. The molecule has 180 valence electrons. The minimum atomic E-state index is -1.04. The van der Waals surface area contributed by atoms with Crippen molar-refractivity contribution in [1.29, 1.82) is 0 Å². The smallest absolute Gasteiger partial charge is 0.278 e. The first-order valence-corrected chi connectivity index (χ1v) is 12.1. The molecule has 0 saturated heterocycles. The lowest BCUT2D eigenvalue weighted by Gasteiger charge is -2.21. The fourth-order valence-electron chi connectivity index (χ4n) is 4.59. The molecule has 37 heavy (non-hydrogen) atoms. The van der Waals surface area contributed by atoms with E-state index in [1.54, 1.807) is 6.07 Å². The molecule has 2 heterocycles. The van der Waals surface area contributed by atoms with Gasteiger partial charge in [0.15, 0.2) is 6.04 Å². The van der Waals surface area contributed by atoms with Gasteiger partial charge >= 0.3 is 0 Å². The van der Waals surface area contributed by atoms with E-state index in [0.717, 1.165) is 10.9 Å². The molecule has 0 radical (unpaired) electrons. The van der Waals surface area contributed by atoms with E-state index in [1.807, 2.05) is 109 Å². The summed E-state index contributed by atoms with van der Waals surface area (Å²) >= 11 is 0. The molecule has 0 bridgehead atoms. The monoisotopic (exact) mass is 485 g/mol. The van der Waals surface area contributed by atoms with Gasteiger partial charge in [0.05, 0.1) is 11.0 Å². The number of hydrogen-bond donors (Lipinski definition) is 1. The minimum Gasteiger partial charge on any atom is -0.458 e. The van der Waals surface area contributed by atoms with Crippen LogP contribution in [0.5, 0.6) is 0 Å². The zero-order valence-corrected chi connectivity index (χ0v) is 19.9. The summed E-state index contributed by atoms with van der Waals surface area (Å²) in [6.45, 7) is 0.319. The van der Waals surface area contributed by atoms with Gasteiger partial charge in [0.1, 0.15) is 17.0 Å². The van der Waals surface area contributed by atoms with Crippen molar-refractivity contribution in [2.75, 3.05) is 0 Å². The molecule has 6 nitrogen and oxygen atoms in total. The molecule has 1 atom stereocenters. The first-order valence-electron chi connectivity index (χ1n) is 12.1. The Kier molecular flexibility index (Phi) is 5.83. The molecule has 6 heteroatoms. The summed E-state index contributed by atoms with van der Waals surface area (Å²) in [5.41, 5.74) is 3.34. The summed E-state index contributed by atoms with van der Waals surface area (Å²) in [6, 6.07) is 34.6. The summed E-state index contributed by atoms with van der Waals surface area (Å²) in [6.07, 6.45) is 0. The molecule has 0 fully saturated rings. The van der Waals surface area contributed by atoms with Crippen molar-refractivity contribution in [1.82, 2.24) is 14.9 Å². The Morgan fingerprint density at radius 1 is 0.838 bits per heavy atom. The number of aromatic nitrogens is 2. The lowest BCUT2D eigenvalue weighted by atomic mass is 10.1. The number of nitrogens with zero attached hydrogens (tertiary/aromatic N) is 2. The van der Waals surface area contributed by atoms with E-state index >= 15 is 0 Å². The van der Waals surface area contributed by atoms with E-state index in [4.69, 9.17) is 4.42 Å². The van der Waals surface area contributed by atoms with Gasteiger partial charge in [-0.15, -0.1) is 0 Å². The zero-order chi connectivity index (χ0) is 25.2. The topological polar surface area (TPSA) is 77.1 Å². The quantitative estimate of drug-likeness (QED) is 0.328. The number of carbonyl (C=O) groups is 1. The lowest BCUT2D eigenvalue weighted by Crippen LogP contribution is -2.38. The third-order valence-electron chi connectivity index (χ3n) is 6.37. The standard InChI is InChI=1S/C31H23N3O3/c35-30(32-20-21-11-3-1-4-12-21)29(27-19-23-15-7-10-18-26(23)37-27)34-25-17-9-8-16-24(25)33-28(31(34)36)22-13-5-2-6-14-22/h1-19,29H,20H2,(H,32,35). The van der Waals surface area contributed by atoms with Crippen LogP contribution in [0.4, 0.5) is 0 Å².